The largest absolute Gasteiger partial charge is 0.254 e. The lowest BCUT2D eigenvalue weighted by Gasteiger charge is -2.15. The lowest BCUT2D eigenvalue weighted by atomic mass is 10.1. The van der Waals surface area contributed by atoms with Crippen molar-refractivity contribution in [3.05, 3.63) is 29.3 Å². The molecule has 0 aromatic heterocycles. The summed E-state index contributed by atoms with van der Waals surface area (Å²) in [4.78, 5) is 0.905. The molecule has 1 aromatic rings. The molecule has 3 atom stereocenters. The van der Waals surface area contributed by atoms with E-state index in [-0.39, 0.29) is 11.2 Å². The third kappa shape index (κ3) is 2.42. The Hall–Kier alpha value is -1.14. The van der Waals surface area contributed by atoms with E-state index in [9.17, 15) is 4.21 Å². The summed E-state index contributed by atoms with van der Waals surface area (Å²) < 4.78 is 12.5. The first kappa shape index (κ1) is 12.3. The Bertz CT molecular complexity index is 489. The molecule has 3 unspecified atom stereocenters. The average Bonchev–Trinajstić information content (AvgIpc) is 2.76. The van der Waals surface area contributed by atoms with Crippen molar-refractivity contribution >= 4 is 10.8 Å². The Balaban J connectivity index is 2.28. The number of hydrogen-bond donors (Lipinski definition) is 0. The molecular formula is C14H17NOS. The Kier molecular flexibility index (Phi) is 3.63. The van der Waals surface area contributed by atoms with E-state index in [1.807, 2.05) is 26.0 Å². The predicted octanol–water partition coefficient (Wildman–Crippen LogP) is 3.10. The molecule has 3 heteroatoms. The first-order valence-corrected chi connectivity index (χ1v) is 7.22. The van der Waals surface area contributed by atoms with Crippen molar-refractivity contribution in [3.63, 3.8) is 0 Å². The van der Waals surface area contributed by atoms with Gasteiger partial charge in [-0.1, -0.05) is 24.1 Å². The molecule has 2 rings (SSSR count). The fraction of sp³-hybridized carbons (Fsp3) is 0.500. The van der Waals surface area contributed by atoms with Crippen molar-refractivity contribution in [2.45, 2.75) is 43.3 Å². The van der Waals surface area contributed by atoms with Crippen LogP contribution in [0.4, 0.5) is 0 Å². The summed E-state index contributed by atoms with van der Waals surface area (Å²) in [7, 11) is -1.03. The van der Waals surface area contributed by atoms with Crippen molar-refractivity contribution < 1.29 is 4.21 Å². The van der Waals surface area contributed by atoms with Crippen molar-refractivity contribution in [2.75, 3.05) is 0 Å². The van der Waals surface area contributed by atoms with E-state index in [2.05, 4.69) is 12.1 Å². The summed E-state index contributed by atoms with van der Waals surface area (Å²) in [6, 6.07) is 8.31. The van der Waals surface area contributed by atoms with Crippen LogP contribution in [0.15, 0.2) is 23.1 Å². The highest BCUT2D eigenvalue weighted by molar-refractivity contribution is 7.85. The maximum absolute atomic E-state index is 12.5. The minimum Gasteiger partial charge on any atom is -0.254 e. The van der Waals surface area contributed by atoms with Gasteiger partial charge in [-0.2, -0.15) is 5.26 Å². The van der Waals surface area contributed by atoms with Gasteiger partial charge < -0.3 is 0 Å². The molecule has 0 spiro atoms. The number of benzene rings is 1. The van der Waals surface area contributed by atoms with Crippen molar-refractivity contribution in [1.29, 1.82) is 5.26 Å². The number of hydrogen-bond acceptors (Lipinski definition) is 2. The molecule has 0 heterocycles. The molecule has 1 aromatic carbocycles. The van der Waals surface area contributed by atoms with E-state index in [4.69, 9.17) is 5.26 Å². The van der Waals surface area contributed by atoms with Gasteiger partial charge in [0, 0.05) is 4.90 Å². The Morgan fingerprint density at radius 2 is 2.12 bits per heavy atom. The van der Waals surface area contributed by atoms with Crippen molar-refractivity contribution in [1.82, 2.24) is 0 Å². The van der Waals surface area contributed by atoms with E-state index >= 15 is 0 Å². The molecule has 0 N–H and O–H groups in total. The van der Waals surface area contributed by atoms with E-state index < -0.39 is 10.8 Å². The van der Waals surface area contributed by atoms with Crippen molar-refractivity contribution in [3.8, 4) is 6.07 Å². The van der Waals surface area contributed by atoms with Crippen LogP contribution in [0.3, 0.4) is 0 Å². The van der Waals surface area contributed by atoms with Crippen LogP contribution in [0, 0.1) is 31.1 Å². The van der Waals surface area contributed by atoms with Crippen LogP contribution in [0.25, 0.3) is 0 Å². The zero-order chi connectivity index (χ0) is 12.4. The van der Waals surface area contributed by atoms with Crippen LogP contribution < -0.4 is 0 Å². The van der Waals surface area contributed by atoms with Crippen LogP contribution in [0.2, 0.25) is 0 Å². The van der Waals surface area contributed by atoms with Crippen LogP contribution >= 0.6 is 0 Å². The molecular weight excluding hydrogens is 230 g/mol. The SMILES string of the molecule is Cc1ccc(S(=O)C2CCCC2C#N)c(C)c1. The lowest BCUT2D eigenvalue weighted by molar-refractivity contribution is 0.645. The number of nitrogens with zero attached hydrogens (tertiary/aromatic N) is 1. The van der Waals surface area contributed by atoms with Crippen LogP contribution in [0.5, 0.6) is 0 Å². The van der Waals surface area contributed by atoms with Crippen LogP contribution in [-0.4, -0.2) is 9.46 Å². The van der Waals surface area contributed by atoms with Gasteiger partial charge in [0.05, 0.1) is 28.0 Å². The molecule has 0 saturated heterocycles. The molecule has 1 aliphatic rings. The van der Waals surface area contributed by atoms with Gasteiger partial charge in [-0.15, -0.1) is 0 Å². The van der Waals surface area contributed by atoms with E-state index in [0.29, 0.717) is 0 Å². The maximum Gasteiger partial charge on any atom is 0.0668 e. The third-order valence-electron chi connectivity index (χ3n) is 3.44. The fourth-order valence-electron chi connectivity index (χ4n) is 2.52. The van der Waals surface area contributed by atoms with E-state index in [1.54, 1.807) is 0 Å². The summed E-state index contributed by atoms with van der Waals surface area (Å²) >= 11 is 0. The maximum atomic E-state index is 12.5. The summed E-state index contributed by atoms with van der Waals surface area (Å²) in [5, 5.41) is 9.09. The van der Waals surface area contributed by atoms with Gasteiger partial charge in [0.25, 0.3) is 0 Å². The third-order valence-corrected chi connectivity index (χ3v) is 5.45. The van der Waals surface area contributed by atoms with Crippen molar-refractivity contribution in [2.24, 2.45) is 5.92 Å². The zero-order valence-corrected chi connectivity index (χ0v) is 11.1. The summed E-state index contributed by atoms with van der Waals surface area (Å²) in [6.45, 7) is 4.03. The normalized spacial score (nSPS) is 25.5. The second kappa shape index (κ2) is 5.01. The molecule has 1 fully saturated rings. The second-order valence-corrected chi connectivity index (χ2v) is 6.41. The minimum atomic E-state index is -1.03. The summed E-state index contributed by atoms with van der Waals surface area (Å²) in [5.41, 5.74) is 2.26. The van der Waals surface area contributed by atoms with Gasteiger partial charge in [-0.3, -0.25) is 4.21 Å². The van der Waals surface area contributed by atoms with Gasteiger partial charge in [-0.05, 0) is 38.3 Å². The first-order chi connectivity index (χ1) is 8.13. The van der Waals surface area contributed by atoms with E-state index in [0.717, 1.165) is 29.7 Å². The Morgan fingerprint density at radius 3 is 2.76 bits per heavy atom. The lowest BCUT2D eigenvalue weighted by Crippen LogP contribution is -2.19. The minimum absolute atomic E-state index is 0.0291. The molecule has 1 aliphatic carbocycles. The first-order valence-electron chi connectivity index (χ1n) is 6.01. The van der Waals surface area contributed by atoms with Gasteiger partial charge >= 0.3 is 0 Å². The summed E-state index contributed by atoms with van der Waals surface area (Å²) in [6.07, 6.45) is 2.84. The molecule has 90 valence electrons. The van der Waals surface area contributed by atoms with E-state index in [1.165, 1.54) is 5.56 Å². The average molecular weight is 247 g/mol. The van der Waals surface area contributed by atoms with Gasteiger partial charge in [0.15, 0.2) is 0 Å². The predicted molar refractivity (Wildman–Crippen MR) is 69.1 cm³/mol. The molecule has 0 amide bonds. The number of nitriles is 1. The highest BCUT2D eigenvalue weighted by atomic mass is 32.2. The zero-order valence-electron chi connectivity index (χ0n) is 10.3. The number of rotatable bonds is 2. The highest BCUT2D eigenvalue weighted by Gasteiger charge is 2.33. The fourth-order valence-corrected chi connectivity index (χ4v) is 4.30. The smallest absolute Gasteiger partial charge is 0.0668 e. The molecule has 17 heavy (non-hydrogen) atoms. The second-order valence-electron chi connectivity index (χ2n) is 4.77. The number of aryl methyl sites for hydroxylation is 2. The molecule has 0 aliphatic heterocycles. The van der Waals surface area contributed by atoms with Gasteiger partial charge in [0.2, 0.25) is 0 Å². The Labute approximate surface area is 105 Å². The van der Waals surface area contributed by atoms with Gasteiger partial charge in [0.1, 0.15) is 0 Å². The molecule has 1 saturated carbocycles. The highest BCUT2D eigenvalue weighted by Crippen LogP contribution is 2.32. The van der Waals surface area contributed by atoms with Gasteiger partial charge in [-0.25, -0.2) is 0 Å². The molecule has 0 bridgehead atoms. The van der Waals surface area contributed by atoms with Crippen LogP contribution in [0.1, 0.15) is 30.4 Å². The molecule has 0 radical (unpaired) electrons. The monoisotopic (exact) mass is 247 g/mol. The standard InChI is InChI=1S/C14H17NOS/c1-10-6-7-13(11(2)8-10)17(16)14-5-3-4-12(14)9-15/h6-8,12,14H,3-5H2,1-2H3. The molecule has 2 nitrogen and oxygen atoms in total. The Morgan fingerprint density at radius 1 is 1.35 bits per heavy atom. The quantitative estimate of drug-likeness (QED) is 0.805. The topological polar surface area (TPSA) is 40.9 Å². The van der Waals surface area contributed by atoms with Crippen LogP contribution in [-0.2, 0) is 10.8 Å². The summed E-state index contributed by atoms with van der Waals surface area (Å²) in [5.74, 6) is -0.0310.